The molecule has 0 aliphatic carbocycles. The van der Waals surface area contributed by atoms with Crippen molar-refractivity contribution in [3.8, 4) is 0 Å². The van der Waals surface area contributed by atoms with E-state index in [1.54, 1.807) is 12.1 Å². The first-order valence-electron chi connectivity index (χ1n) is 6.97. The van der Waals surface area contributed by atoms with E-state index in [0.29, 0.717) is 6.54 Å². The summed E-state index contributed by atoms with van der Waals surface area (Å²) < 4.78 is 15.3. The van der Waals surface area contributed by atoms with Gasteiger partial charge in [0.25, 0.3) is 0 Å². The van der Waals surface area contributed by atoms with Crippen LogP contribution in [-0.4, -0.2) is 57.4 Å². The van der Waals surface area contributed by atoms with Crippen LogP contribution in [0.5, 0.6) is 0 Å². The molecule has 1 N–H and O–H groups in total. The van der Waals surface area contributed by atoms with Gasteiger partial charge in [0.05, 0.1) is 26.9 Å². The molecule has 112 valence electrons. The lowest BCUT2D eigenvalue weighted by Gasteiger charge is -2.26. The summed E-state index contributed by atoms with van der Waals surface area (Å²) in [6.45, 7) is 6.38. The second kappa shape index (κ2) is 8.04. The molecule has 2 heterocycles. The zero-order chi connectivity index (χ0) is 14.2. The van der Waals surface area contributed by atoms with Crippen LogP contribution in [0.4, 0.5) is 0 Å². The zero-order valence-corrected chi connectivity index (χ0v) is 11.9. The Balaban J connectivity index is 1.58. The molecule has 1 saturated heterocycles. The molecule has 1 fully saturated rings. The topological polar surface area (TPSA) is 63.9 Å². The highest BCUT2D eigenvalue weighted by molar-refractivity contribution is 5.86. The van der Waals surface area contributed by atoms with E-state index in [4.69, 9.17) is 9.15 Å². The molecule has 20 heavy (non-hydrogen) atoms. The van der Waals surface area contributed by atoms with Crippen molar-refractivity contribution in [2.24, 2.45) is 0 Å². The van der Waals surface area contributed by atoms with Gasteiger partial charge in [0, 0.05) is 13.1 Å². The Hall–Kier alpha value is -1.37. The number of esters is 1. The van der Waals surface area contributed by atoms with Gasteiger partial charge in [-0.25, -0.2) is 4.79 Å². The van der Waals surface area contributed by atoms with E-state index >= 15 is 0 Å². The van der Waals surface area contributed by atoms with Gasteiger partial charge in [-0.1, -0.05) is 0 Å². The SMILES string of the molecule is COC(=O)c1ccc(CNCCCN2CCOCC2)o1. The third kappa shape index (κ3) is 4.63. The largest absolute Gasteiger partial charge is 0.463 e. The zero-order valence-electron chi connectivity index (χ0n) is 11.9. The van der Waals surface area contributed by atoms with Gasteiger partial charge >= 0.3 is 5.97 Å². The third-order valence-electron chi connectivity index (χ3n) is 3.28. The molecule has 1 aliphatic heterocycles. The predicted molar refractivity (Wildman–Crippen MR) is 73.6 cm³/mol. The van der Waals surface area contributed by atoms with Crippen LogP contribution in [0.25, 0.3) is 0 Å². The van der Waals surface area contributed by atoms with Gasteiger partial charge in [0.2, 0.25) is 5.76 Å². The number of nitrogens with one attached hydrogen (secondary N) is 1. The van der Waals surface area contributed by atoms with Crippen molar-refractivity contribution in [1.82, 2.24) is 10.2 Å². The minimum absolute atomic E-state index is 0.248. The van der Waals surface area contributed by atoms with Crippen LogP contribution in [0.15, 0.2) is 16.5 Å². The van der Waals surface area contributed by atoms with Gasteiger partial charge < -0.3 is 19.2 Å². The second-order valence-corrected chi connectivity index (χ2v) is 4.74. The molecule has 0 amide bonds. The van der Waals surface area contributed by atoms with Crippen molar-refractivity contribution in [2.45, 2.75) is 13.0 Å². The summed E-state index contributed by atoms with van der Waals surface area (Å²) in [7, 11) is 1.34. The fraction of sp³-hybridized carbons (Fsp3) is 0.643. The molecule has 6 heteroatoms. The maximum atomic E-state index is 11.2. The highest BCUT2D eigenvalue weighted by atomic mass is 16.5. The summed E-state index contributed by atoms with van der Waals surface area (Å²) in [5.41, 5.74) is 0. The smallest absolute Gasteiger partial charge is 0.373 e. The van der Waals surface area contributed by atoms with Crippen molar-refractivity contribution in [1.29, 1.82) is 0 Å². The van der Waals surface area contributed by atoms with Gasteiger partial charge in [-0.15, -0.1) is 0 Å². The standard InChI is InChI=1S/C14H22N2O4/c1-18-14(17)13-4-3-12(20-13)11-15-5-2-6-16-7-9-19-10-8-16/h3-4,15H,2,5-11H2,1H3. The molecular weight excluding hydrogens is 260 g/mol. The van der Waals surface area contributed by atoms with E-state index in [-0.39, 0.29) is 5.76 Å². The predicted octanol–water partition coefficient (Wildman–Crippen LogP) is 0.878. The fourth-order valence-corrected chi connectivity index (χ4v) is 2.15. The van der Waals surface area contributed by atoms with Crippen molar-refractivity contribution in [3.63, 3.8) is 0 Å². The molecule has 1 aromatic heterocycles. The van der Waals surface area contributed by atoms with Gasteiger partial charge in [-0.3, -0.25) is 4.90 Å². The minimum atomic E-state index is -0.441. The number of methoxy groups -OCH3 is 1. The molecule has 0 radical (unpaired) electrons. The third-order valence-corrected chi connectivity index (χ3v) is 3.28. The Morgan fingerprint density at radius 1 is 1.40 bits per heavy atom. The minimum Gasteiger partial charge on any atom is -0.463 e. The number of carbonyl (C=O) groups excluding carboxylic acids is 1. The first kappa shape index (κ1) is 15.0. The van der Waals surface area contributed by atoms with Crippen molar-refractivity contribution in [2.75, 3.05) is 46.5 Å². The van der Waals surface area contributed by atoms with Crippen molar-refractivity contribution < 1.29 is 18.7 Å². The van der Waals surface area contributed by atoms with E-state index in [1.807, 2.05) is 0 Å². The van der Waals surface area contributed by atoms with Gasteiger partial charge in [0.1, 0.15) is 5.76 Å². The normalized spacial score (nSPS) is 16.2. The maximum Gasteiger partial charge on any atom is 0.373 e. The first-order valence-corrected chi connectivity index (χ1v) is 6.97. The molecule has 1 aromatic rings. The summed E-state index contributed by atoms with van der Waals surface area (Å²) in [4.78, 5) is 13.6. The molecule has 0 spiro atoms. The summed E-state index contributed by atoms with van der Waals surface area (Å²) >= 11 is 0. The summed E-state index contributed by atoms with van der Waals surface area (Å²) in [6, 6.07) is 3.43. The Morgan fingerprint density at radius 2 is 2.20 bits per heavy atom. The average Bonchev–Trinajstić information content (AvgIpc) is 2.96. The van der Waals surface area contributed by atoms with E-state index < -0.39 is 5.97 Å². The average molecular weight is 282 g/mol. The maximum absolute atomic E-state index is 11.2. The molecule has 0 aromatic carbocycles. The van der Waals surface area contributed by atoms with Crippen LogP contribution >= 0.6 is 0 Å². The molecule has 6 nitrogen and oxygen atoms in total. The molecule has 0 saturated carbocycles. The van der Waals surface area contributed by atoms with E-state index in [1.165, 1.54) is 7.11 Å². The molecular formula is C14H22N2O4. The Labute approximate surface area is 119 Å². The van der Waals surface area contributed by atoms with Crippen LogP contribution in [0.1, 0.15) is 22.7 Å². The molecule has 1 aliphatic rings. The quantitative estimate of drug-likeness (QED) is 0.591. The highest BCUT2D eigenvalue weighted by Gasteiger charge is 2.11. The second-order valence-electron chi connectivity index (χ2n) is 4.74. The number of rotatable bonds is 7. The number of ether oxygens (including phenoxy) is 2. The number of nitrogens with zero attached hydrogens (tertiary/aromatic N) is 1. The van der Waals surface area contributed by atoms with Crippen LogP contribution in [-0.2, 0) is 16.0 Å². The summed E-state index contributed by atoms with van der Waals surface area (Å²) in [5.74, 6) is 0.554. The summed E-state index contributed by atoms with van der Waals surface area (Å²) in [6.07, 6.45) is 1.09. The molecule has 0 unspecified atom stereocenters. The number of hydrogen-bond donors (Lipinski definition) is 1. The Morgan fingerprint density at radius 3 is 2.95 bits per heavy atom. The van der Waals surface area contributed by atoms with Crippen molar-refractivity contribution >= 4 is 5.97 Å². The summed E-state index contributed by atoms with van der Waals surface area (Å²) in [5, 5.41) is 3.31. The molecule has 2 rings (SSSR count). The van der Waals surface area contributed by atoms with Crippen LogP contribution < -0.4 is 5.32 Å². The van der Waals surface area contributed by atoms with E-state index in [2.05, 4.69) is 15.0 Å². The number of furan rings is 1. The lowest BCUT2D eigenvalue weighted by molar-refractivity contribution is 0.0374. The van der Waals surface area contributed by atoms with Gasteiger partial charge in [-0.05, 0) is 31.6 Å². The monoisotopic (exact) mass is 282 g/mol. The number of carbonyl (C=O) groups is 1. The van der Waals surface area contributed by atoms with Crippen LogP contribution in [0, 0.1) is 0 Å². The molecule has 0 atom stereocenters. The molecule has 0 bridgehead atoms. The van der Waals surface area contributed by atoms with E-state index in [0.717, 1.165) is 51.6 Å². The van der Waals surface area contributed by atoms with Crippen LogP contribution in [0.3, 0.4) is 0 Å². The fourth-order valence-electron chi connectivity index (χ4n) is 2.15. The Kier molecular flexibility index (Phi) is 6.04. The van der Waals surface area contributed by atoms with Gasteiger partial charge in [-0.2, -0.15) is 0 Å². The van der Waals surface area contributed by atoms with Crippen molar-refractivity contribution in [3.05, 3.63) is 23.7 Å². The van der Waals surface area contributed by atoms with E-state index in [9.17, 15) is 4.79 Å². The lowest BCUT2D eigenvalue weighted by atomic mass is 10.3. The Bertz CT molecular complexity index is 413. The number of hydrogen-bond acceptors (Lipinski definition) is 6. The number of morpholine rings is 1. The van der Waals surface area contributed by atoms with Crippen LogP contribution in [0.2, 0.25) is 0 Å². The van der Waals surface area contributed by atoms with Gasteiger partial charge in [0.15, 0.2) is 0 Å². The highest BCUT2D eigenvalue weighted by Crippen LogP contribution is 2.08. The first-order chi connectivity index (χ1) is 9.79. The lowest BCUT2D eigenvalue weighted by Crippen LogP contribution is -2.37.